The van der Waals surface area contributed by atoms with Gasteiger partial charge in [-0.2, -0.15) is 0 Å². The van der Waals surface area contributed by atoms with Crippen molar-refractivity contribution < 1.29 is 18.5 Å². The summed E-state index contributed by atoms with van der Waals surface area (Å²) in [4.78, 5) is 12.1. The van der Waals surface area contributed by atoms with Gasteiger partial charge in [0, 0.05) is 11.4 Å². The van der Waals surface area contributed by atoms with Crippen LogP contribution in [0.1, 0.15) is 31.9 Å². The van der Waals surface area contributed by atoms with Crippen LogP contribution in [-0.4, -0.2) is 17.1 Å². The van der Waals surface area contributed by atoms with Crippen molar-refractivity contribution in [3.63, 3.8) is 0 Å². The third-order valence-electron chi connectivity index (χ3n) is 2.58. The Hall–Kier alpha value is -0.890. The minimum absolute atomic E-state index is 0.0168. The molecule has 1 rings (SSSR count). The zero-order valence-electron chi connectivity index (χ0n) is 11.8. The second-order valence-corrected chi connectivity index (χ2v) is 6.64. The molecular weight excluding hydrogens is 361 g/mol. The predicted molar refractivity (Wildman–Crippen MR) is 84.2 cm³/mol. The summed E-state index contributed by atoms with van der Waals surface area (Å²) < 4.78 is 33.3. The van der Waals surface area contributed by atoms with Gasteiger partial charge in [-0.1, -0.05) is 22.0 Å². The lowest BCUT2D eigenvalue weighted by Crippen LogP contribution is -2.31. The van der Waals surface area contributed by atoms with Gasteiger partial charge >= 0.3 is 5.97 Å². The molecule has 0 spiro atoms. The first-order valence-corrected chi connectivity index (χ1v) is 8.23. The Kier molecular flexibility index (Phi) is 7.37. The fraction of sp³-hybridized carbons (Fsp3) is 0.357. The van der Waals surface area contributed by atoms with Crippen molar-refractivity contribution in [3.05, 3.63) is 45.5 Å². The average Bonchev–Trinajstić information content (AvgIpc) is 2.38. The highest BCUT2D eigenvalue weighted by Gasteiger charge is 2.24. The maximum absolute atomic E-state index is 13.2. The number of esters is 1. The Morgan fingerprint density at radius 2 is 2.29 bits per heavy atom. The topological polar surface area (TPSA) is 61.4 Å². The summed E-state index contributed by atoms with van der Waals surface area (Å²) in [6.07, 6.45) is -0.0168. The summed E-state index contributed by atoms with van der Waals surface area (Å²) in [6.45, 7) is 7.19. The molecular formula is C14H17BrFNO3S. The van der Waals surface area contributed by atoms with Crippen LogP contribution in [0.2, 0.25) is 0 Å². The van der Waals surface area contributed by atoms with Crippen LogP contribution in [-0.2, 0) is 20.9 Å². The Morgan fingerprint density at radius 1 is 1.62 bits per heavy atom. The highest BCUT2D eigenvalue weighted by atomic mass is 79.9. The van der Waals surface area contributed by atoms with E-state index in [1.807, 2.05) is 0 Å². The summed E-state index contributed by atoms with van der Waals surface area (Å²) in [5, 5.41) is 0. The first kappa shape index (κ1) is 18.2. The molecule has 0 fully saturated rings. The molecule has 0 radical (unpaired) electrons. The second kappa shape index (κ2) is 8.53. The number of nitrogens with one attached hydrogen (secondary N) is 1. The summed E-state index contributed by atoms with van der Waals surface area (Å²) >= 11 is 1.75. The summed E-state index contributed by atoms with van der Waals surface area (Å²) in [7, 11) is 0. The first-order valence-electron chi connectivity index (χ1n) is 6.29. The van der Waals surface area contributed by atoms with Gasteiger partial charge in [0.2, 0.25) is 0 Å². The molecule has 0 aliphatic carbocycles. The lowest BCUT2D eigenvalue weighted by Gasteiger charge is -2.20. The number of ether oxygens (including phenoxy) is 1. The van der Waals surface area contributed by atoms with Crippen LogP contribution in [0.5, 0.6) is 0 Å². The van der Waals surface area contributed by atoms with Gasteiger partial charge < -0.3 is 9.29 Å². The number of carbonyl (C=O) groups excluding carboxylic acids is 1. The Labute approximate surface area is 135 Å². The average molecular weight is 378 g/mol. The molecule has 0 amide bonds. The highest BCUT2D eigenvalue weighted by Crippen LogP contribution is 2.28. The standard InChI is InChI=1S/C14H17BrFNO3S/c1-4-20-14(18)8-13(17-21(19)9(2)3)11-6-5-10(16)7-12(11)15/h5-7,13,17H,2,4,8H2,1,3H3/t13-,21?/m1/s1. The molecule has 2 atom stereocenters. The van der Waals surface area contributed by atoms with Crippen molar-refractivity contribution >= 4 is 33.3 Å². The lowest BCUT2D eigenvalue weighted by molar-refractivity contribution is -0.143. The molecule has 0 aromatic heterocycles. The predicted octanol–water partition coefficient (Wildman–Crippen LogP) is 3.37. The first-order chi connectivity index (χ1) is 9.85. The van der Waals surface area contributed by atoms with E-state index in [0.717, 1.165) is 0 Å². The van der Waals surface area contributed by atoms with E-state index in [4.69, 9.17) is 4.74 Å². The monoisotopic (exact) mass is 377 g/mol. The minimum atomic E-state index is -1.50. The van der Waals surface area contributed by atoms with Crippen LogP contribution in [0.15, 0.2) is 34.2 Å². The maximum atomic E-state index is 13.2. The number of hydrogen-bond donors (Lipinski definition) is 1. The molecule has 0 heterocycles. The van der Waals surface area contributed by atoms with E-state index in [0.29, 0.717) is 14.9 Å². The van der Waals surface area contributed by atoms with Crippen LogP contribution in [0, 0.1) is 5.82 Å². The van der Waals surface area contributed by atoms with Crippen molar-refractivity contribution in [2.75, 3.05) is 6.61 Å². The smallest absolute Gasteiger partial charge is 0.307 e. The number of hydrogen-bond acceptors (Lipinski definition) is 4. The van der Waals surface area contributed by atoms with Crippen LogP contribution < -0.4 is 4.72 Å². The van der Waals surface area contributed by atoms with Crippen LogP contribution in [0.3, 0.4) is 0 Å². The van der Waals surface area contributed by atoms with Crippen LogP contribution in [0.25, 0.3) is 0 Å². The second-order valence-electron chi connectivity index (χ2n) is 4.32. The fourth-order valence-corrected chi connectivity index (χ4v) is 2.91. The zero-order chi connectivity index (χ0) is 16.0. The molecule has 21 heavy (non-hydrogen) atoms. The normalized spacial score (nSPS) is 13.6. The maximum Gasteiger partial charge on any atom is 0.307 e. The third-order valence-corrected chi connectivity index (χ3v) is 4.40. The van der Waals surface area contributed by atoms with Crippen molar-refractivity contribution in [1.29, 1.82) is 0 Å². The van der Waals surface area contributed by atoms with Gasteiger partial charge in [-0.3, -0.25) is 4.79 Å². The molecule has 1 unspecified atom stereocenters. The number of carbonyl (C=O) groups is 1. The number of allylic oxidation sites excluding steroid dienone is 1. The molecule has 0 bridgehead atoms. The molecule has 0 saturated carbocycles. The summed E-state index contributed by atoms with van der Waals surface area (Å²) in [6, 6.07) is 3.53. The van der Waals surface area contributed by atoms with Gasteiger partial charge in [0.25, 0.3) is 0 Å². The van der Waals surface area contributed by atoms with Gasteiger partial charge in [0.15, 0.2) is 0 Å². The Morgan fingerprint density at radius 3 is 2.81 bits per heavy atom. The number of halogens is 2. The fourth-order valence-electron chi connectivity index (χ4n) is 1.62. The minimum Gasteiger partial charge on any atom is -0.593 e. The molecule has 0 aliphatic rings. The quantitative estimate of drug-likeness (QED) is 0.584. The molecule has 7 heteroatoms. The number of benzene rings is 1. The van der Waals surface area contributed by atoms with E-state index in [1.165, 1.54) is 18.2 Å². The largest absolute Gasteiger partial charge is 0.593 e. The Bertz CT molecular complexity index is 527. The van der Waals surface area contributed by atoms with Crippen molar-refractivity contribution in [2.24, 2.45) is 0 Å². The van der Waals surface area contributed by atoms with Crippen molar-refractivity contribution in [3.8, 4) is 0 Å². The third kappa shape index (κ3) is 5.78. The lowest BCUT2D eigenvalue weighted by atomic mass is 10.0. The van der Waals surface area contributed by atoms with E-state index in [2.05, 4.69) is 27.2 Å². The van der Waals surface area contributed by atoms with Crippen LogP contribution >= 0.6 is 15.9 Å². The number of rotatable bonds is 7. The summed E-state index contributed by atoms with van der Waals surface area (Å²) in [5.41, 5.74) is 0.624. The van der Waals surface area contributed by atoms with Gasteiger partial charge in [-0.05, 0) is 31.2 Å². The van der Waals surface area contributed by atoms with Gasteiger partial charge in [0.05, 0.1) is 30.4 Å². The Balaban J connectivity index is 2.99. The van der Waals surface area contributed by atoms with Crippen LogP contribution in [0.4, 0.5) is 4.39 Å². The van der Waals surface area contributed by atoms with E-state index in [9.17, 15) is 13.7 Å². The molecule has 1 aromatic carbocycles. The molecule has 0 aliphatic heterocycles. The van der Waals surface area contributed by atoms with Crippen molar-refractivity contribution in [1.82, 2.24) is 4.72 Å². The van der Waals surface area contributed by atoms with E-state index in [1.54, 1.807) is 13.8 Å². The van der Waals surface area contributed by atoms with E-state index < -0.39 is 29.2 Å². The molecule has 116 valence electrons. The zero-order valence-corrected chi connectivity index (χ0v) is 14.2. The van der Waals surface area contributed by atoms with E-state index in [-0.39, 0.29) is 13.0 Å². The highest BCUT2D eigenvalue weighted by molar-refractivity contribution is 9.10. The summed E-state index contributed by atoms with van der Waals surface area (Å²) in [5.74, 6) is -0.827. The molecule has 4 nitrogen and oxygen atoms in total. The van der Waals surface area contributed by atoms with Gasteiger partial charge in [-0.25, -0.2) is 4.39 Å². The van der Waals surface area contributed by atoms with Gasteiger partial charge in [-0.15, -0.1) is 4.72 Å². The van der Waals surface area contributed by atoms with E-state index >= 15 is 0 Å². The molecule has 0 saturated heterocycles. The van der Waals surface area contributed by atoms with Gasteiger partial charge in [0.1, 0.15) is 10.7 Å². The molecule has 1 aromatic rings. The van der Waals surface area contributed by atoms with Crippen molar-refractivity contribution in [2.45, 2.75) is 26.3 Å². The SMILES string of the molecule is C=C(C)[S+]([O-])N[C@H](CC(=O)OCC)c1ccc(F)cc1Br. The molecule has 1 N–H and O–H groups in total.